The molecule has 0 spiro atoms. The van der Waals surface area contributed by atoms with Crippen molar-refractivity contribution in [2.45, 2.75) is 0 Å². The number of nitrogens with zero attached hydrogens (tertiary/aromatic N) is 4. The third-order valence-electron chi connectivity index (χ3n) is 5.41. The number of ether oxygens (including phenoxy) is 1. The van der Waals surface area contributed by atoms with Gasteiger partial charge in [-0.1, -0.05) is 11.6 Å². The number of amides is 1. The molecule has 10 nitrogen and oxygen atoms in total. The first-order valence-electron chi connectivity index (χ1n) is 10.4. The molecule has 1 fully saturated rings. The molecule has 0 saturated carbocycles. The molecule has 0 radical (unpaired) electrons. The number of carbonyl (C=O) groups excluding carboxylic acids is 1. The van der Waals surface area contributed by atoms with E-state index >= 15 is 0 Å². The van der Waals surface area contributed by atoms with Gasteiger partial charge in [0.05, 0.1) is 40.0 Å². The van der Waals surface area contributed by atoms with Crippen LogP contribution in [0.15, 0.2) is 59.1 Å². The highest BCUT2D eigenvalue weighted by Gasteiger charge is 2.23. The number of carbonyl (C=O) groups is 1. The smallest absolute Gasteiger partial charge is 0.270 e. The van der Waals surface area contributed by atoms with Crippen molar-refractivity contribution in [3.05, 3.63) is 75.4 Å². The zero-order valence-corrected chi connectivity index (χ0v) is 18.5. The van der Waals surface area contributed by atoms with Crippen LogP contribution in [-0.2, 0) is 4.74 Å². The fourth-order valence-corrected chi connectivity index (χ4v) is 3.95. The van der Waals surface area contributed by atoms with Gasteiger partial charge in [-0.3, -0.25) is 14.9 Å². The largest absolute Gasteiger partial charge is 0.434 e. The van der Waals surface area contributed by atoms with Gasteiger partial charge in [-0.25, -0.2) is 4.98 Å². The number of benzene rings is 2. The van der Waals surface area contributed by atoms with E-state index in [-0.39, 0.29) is 17.1 Å². The minimum absolute atomic E-state index is 0.169. The molecule has 1 amide bonds. The van der Waals surface area contributed by atoms with E-state index in [2.05, 4.69) is 15.3 Å². The van der Waals surface area contributed by atoms with Crippen molar-refractivity contribution in [3.8, 4) is 11.5 Å². The highest BCUT2D eigenvalue weighted by Crippen LogP contribution is 2.33. The lowest BCUT2D eigenvalue weighted by Gasteiger charge is -2.30. The Morgan fingerprint density at radius 1 is 1.15 bits per heavy atom. The lowest BCUT2D eigenvalue weighted by atomic mass is 10.1. The molecule has 2 aromatic heterocycles. The molecule has 34 heavy (non-hydrogen) atoms. The van der Waals surface area contributed by atoms with Crippen molar-refractivity contribution in [1.82, 2.24) is 9.97 Å². The number of nitro groups is 1. The molecule has 1 saturated heterocycles. The summed E-state index contributed by atoms with van der Waals surface area (Å²) in [6.07, 6.45) is 1.61. The number of oxazole rings is 1. The summed E-state index contributed by atoms with van der Waals surface area (Å²) in [5, 5.41) is 14.5. The van der Waals surface area contributed by atoms with Gasteiger partial charge >= 0.3 is 0 Å². The number of pyridine rings is 1. The minimum atomic E-state index is -0.526. The maximum atomic E-state index is 13.3. The summed E-state index contributed by atoms with van der Waals surface area (Å²) < 4.78 is 11.1. The highest BCUT2D eigenvalue weighted by atomic mass is 35.5. The van der Waals surface area contributed by atoms with Crippen LogP contribution in [0, 0.1) is 10.1 Å². The Labute approximate surface area is 198 Å². The van der Waals surface area contributed by atoms with E-state index in [1.165, 1.54) is 12.1 Å². The molecule has 1 aliphatic heterocycles. The molecule has 5 rings (SSSR count). The van der Waals surface area contributed by atoms with Crippen LogP contribution >= 0.6 is 11.6 Å². The maximum Gasteiger partial charge on any atom is 0.270 e. The van der Waals surface area contributed by atoms with Gasteiger partial charge in [0.2, 0.25) is 5.89 Å². The van der Waals surface area contributed by atoms with Gasteiger partial charge in [0.1, 0.15) is 0 Å². The summed E-state index contributed by atoms with van der Waals surface area (Å²) in [5.41, 5.74) is 2.48. The number of aromatic nitrogens is 2. The van der Waals surface area contributed by atoms with Gasteiger partial charge in [0.25, 0.3) is 11.6 Å². The first kappa shape index (κ1) is 21.8. The topological polar surface area (TPSA) is 124 Å². The first-order chi connectivity index (χ1) is 16.5. The summed E-state index contributed by atoms with van der Waals surface area (Å²) in [4.78, 5) is 34.6. The highest BCUT2D eigenvalue weighted by molar-refractivity contribution is 6.33. The fraction of sp³-hybridized carbons (Fsp3) is 0.174. The van der Waals surface area contributed by atoms with Gasteiger partial charge in [-0.05, 0) is 36.4 Å². The predicted molar refractivity (Wildman–Crippen MR) is 126 cm³/mol. The average Bonchev–Trinajstić information content (AvgIpc) is 3.29. The van der Waals surface area contributed by atoms with Crippen LogP contribution in [0.3, 0.4) is 0 Å². The Morgan fingerprint density at radius 2 is 1.97 bits per heavy atom. The molecule has 11 heteroatoms. The lowest BCUT2D eigenvalue weighted by Crippen LogP contribution is -2.37. The van der Waals surface area contributed by atoms with E-state index in [1.807, 2.05) is 4.90 Å². The van der Waals surface area contributed by atoms with E-state index in [1.54, 1.807) is 42.6 Å². The van der Waals surface area contributed by atoms with E-state index in [4.69, 9.17) is 20.8 Å². The number of halogens is 1. The van der Waals surface area contributed by atoms with Crippen LogP contribution in [-0.4, -0.2) is 47.1 Å². The summed E-state index contributed by atoms with van der Waals surface area (Å²) in [6, 6.07) is 12.6. The number of fused-ring (bicyclic) bond motifs is 1. The number of nitrogens with one attached hydrogen (secondary N) is 1. The molecule has 0 atom stereocenters. The van der Waals surface area contributed by atoms with Crippen LogP contribution in [0.1, 0.15) is 10.4 Å². The molecule has 0 aliphatic carbocycles. The Hall–Kier alpha value is -4.02. The number of hydrogen-bond donors (Lipinski definition) is 1. The Morgan fingerprint density at radius 3 is 2.74 bits per heavy atom. The van der Waals surface area contributed by atoms with Crippen molar-refractivity contribution < 1.29 is 18.9 Å². The van der Waals surface area contributed by atoms with Gasteiger partial charge < -0.3 is 19.4 Å². The quantitative estimate of drug-likeness (QED) is 0.327. The minimum Gasteiger partial charge on any atom is -0.434 e. The van der Waals surface area contributed by atoms with Crippen LogP contribution < -0.4 is 10.2 Å². The second kappa shape index (κ2) is 9.08. The molecular weight excluding hydrogens is 462 g/mol. The summed E-state index contributed by atoms with van der Waals surface area (Å²) in [6.45, 7) is 2.18. The van der Waals surface area contributed by atoms with Crippen molar-refractivity contribution in [3.63, 3.8) is 0 Å². The zero-order valence-electron chi connectivity index (χ0n) is 17.7. The van der Waals surface area contributed by atoms with E-state index in [9.17, 15) is 14.9 Å². The summed E-state index contributed by atoms with van der Waals surface area (Å²) >= 11 is 6.37. The number of rotatable bonds is 5. The van der Waals surface area contributed by atoms with Gasteiger partial charge in [0, 0.05) is 37.1 Å². The lowest BCUT2D eigenvalue weighted by molar-refractivity contribution is -0.384. The second-order valence-electron chi connectivity index (χ2n) is 7.55. The van der Waals surface area contributed by atoms with Crippen molar-refractivity contribution in [2.75, 3.05) is 36.5 Å². The molecule has 2 aromatic carbocycles. The SMILES string of the molecule is O=C(Nc1ccc(Cl)c(-c2nc3ncccc3o2)c1)c1cc([N+](=O)[O-])ccc1N1CCOCC1. The molecule has 1 N–H and O–H groups in total. The summed E-state index contributed by atoms with van der Waals surface area (Å²) in [7, 11) is 0. The van der Waals surface area contributed by atoms with E-state index in [0.717, 1.165) is 0 Å². The molecular formula is C23H18ClN5O5. The van der Waals surface area contributed by atoms with Crippen molar-refractivity contribution in [2.24, 2.45) is 0 Å². The van der Waals surface area contributed by atoms with Crippen molar-refractivity contribution in [1.29, 1.82) is 0 Å². The number of nitro benzene ring substituents is 1. The van der Waals surface area contributed by atoms with Gasteiger partial charge in [0.15, 0.2) is 11.2 Å². The molecule has 3 heterocycles. The second-order valence-corrected chi connectivity index (χ2v) is 7.96. The third kappa shape index (κ3) is 4.28. The molecule has 0 unspecified atom stereocenters. The Bertz CT molecular complexity index is 1370. The third-order valence-corrected chi connectivity index (χ3v) is 5.74. The maximum absolute atomic E-state index is 13.3. The first-order valence-corrected chi connectivity index (χ1v) is 10.8. The Balaban J connectivity index is 1.48. The monoisotopic (exact) mass is 479 g/mol. The molecule has 172 valence electrons. The van der Waals surface area contributed by atoms with Crippen LogP contribution in [0.2, 0.25) is 5.02 Å². The van der Waals surface area contributed by atoms with E-state index in [0.29, 0.717) is 59.5 Å². The average molecular weight is 480 g/mol. The van der Waals surface area contributed by atoms with Crippen LogP contribution in [0.5, 0.6) is 0 Å². The number of morpholine rings is 1. The number of anilines is 2. The van der Waals surface area contributed by atoms with Gasteiger partial charge in [-0.2, -0.15) is 4.98 Å². The fourth-order valence-electron chi connectivity index (χ4n) is 3.75. The molecule has 0 bridgehead atoms. The van der Waals surface area contributed by atoms with Crippen LogP contribution in [0.4, 0.5) is 17.1 Å². The predicted octanol–water partition coefficient (Wildman–Crippen LogP) is 4.54. The van der Waals surface area contributed by atoms with Crippen LogP contribution in [0.25, 0.3) is 22.7 Å². The Kier molecular flexibility index (Phi) is 5.83. The number of non-ortho nitro benzene ring substituents is 1. The summed E-state index contributed by atoms with van der Waals surface area (Å²) in [5.74, 6) is -0.225. The molecule has 1 aliphatic rings. The number of hydrogen-bond acceptors (Lipinski definition) is 8. The standard InChI is InChI=1S/C23H18ClN5O5/c24-18-5-3-14(12-16(18)23-27-21-20(34-23)2-1-7-25-21)26-22(30)17-13-15(29(31)32)4-6-19(17)28-8-10-33-11-9-28/h1-7,12-13H,8-11H2,(H,26,30). The van der Waals surface area contributed by atoms with Crippen molar-refractivity contribution >= 4 is 45.8 Å². The molecule has 4 aromatic rings. The van der Waals surface area contributed by atoms with Gasteiger partial charge in [-0.15, -0.1) is 0 Å². The zero-order chi connectivity index (χ0) is 23.7. The normalized spacial score (nSPS) is 13.7. The van der Waals surface area contributed by atoms with E-state index < -0.39 is 10.8 Å².